The van der Waals surface area contributed by atoms with Crippen molar-refractivity contribution >= 4 is 11.6 Å². The number of aromatic nitrogens is 3. The molecule has 0 fully saturated rings. The highest BCUT2D eigenvalue weighted by Gasteiger charge is 2.14. The van der Waals surface area contributed by atoms with Crippen molar-refractivity contribution in [2.45, 2.75) is 13.8 Å². The van der Waals surface area contributed by atoms with Crippen molar-refractivity contribution in [1.82, 2.24) is 14.1 Å². The third kappa shape index (κ3) is 2.46. The number of pyridine rings is 1. The largest absolute Gasteiger partial charge is 0.318 e. The normalized spacial score (nSPS) is 10.9. The Morgan fingerprint density at radius 2 is 1.91 bits per heavy atom. The van der Waals surface area contributed by atoms with E-state index in [0.717, 1.165) is 28.5 Å². The minimum atomic E-state index is -0.0469. The maximum absolute atomic E-state index is 11.9. The fraction of sp³-hybridized carbons (Fsp3) is 0.176. The van der Waals surface area contributed by atoms with E-state index in [4.69, 9.17) is 11.6 Å². The third-order valence-corrected chi connectivity index (χ3v) is 3.95. The van der Waals surface area contributed by atoms with Crippen LogP contribution in [0.25, 0.3) is 16.9 Å². The van der Waals surface area contributed by atoms with Crippen LogP contribution in [0.3, 0.4) is 0 Å². The van der Waals surface area contributed by atoms with Crippen LogP contribution in [-0.4, -0.2) is 14.1 Å². The van der Waals surface area contributed by atoms with Gasteiger partial charge in [-0.2, -0.15) is 0 Å². The molecule has 112 valence electrons. The highest BCUT2D eigenvalue weighted by atomic mass is 35.5. The van der Waals surface area contributed by atoms with Crippen molar-refractivity contribution < 1.29 is 0 Å². The number of halogens is 1. The number of hydrogen-bond acceptors (Lipinski definition) is 2. The summed E-state index contributed by atoms with van der Waals surface area (Å²) >= 11 is 6.07. The maximum atomic E-state index is 11.9. The second-order valence-electron chi connectivity index (χ2n) is 5.27. The average molecular weight is 314 g/mol. The van der Waals surface area contributed by atoms with Crippen LogP contribution in [0.2, 0.25) is 5.02 Å². The molecule has 2 aromatic heterocycles. The summed E-state index contributed by atoms with van der Waals surface area (Å²) < 4.78 is 3.53. The van der Waals surface area contributed by atoms with E-state index in [-0.39, 0.29) is 5.56 Å². The lowest BCUT2D eigenvalue weighted by Gasteiger charge is -2.09. The molecule has 0 N–H and O–H groups in total. The average Bonchev–Trinajstić information content (AvgIpc) is 2.77. The molecule has 0 atom stereocenters. The first-order valence-electron chi connectivity index (χ1n) is 6.96. The van der Waals surface area contributed by atoms with Gasteiger partial charge in [0.15, 0.2) is 0 Å². The van der Waals surface area contributed by atoms with E-state index in [1.54, 1.807) is 23.9 Å². The van der Waals surface area contributed by atoms with Gasteiger partial charge in [-0.1, -0.05) is 23.7 Å². The molecule has 3 rings (SSSR count). The highest BCUT2D eigenvalue weighted by Crippen LogP contribution is 2.27. The summed E-state index contributed by atoms with van der Waals surface area (Å²) in [5.41, 5.74) is 3.59. The monoisotopic (exact) mass is 313 g/mol. The minimum absolute atomic E-state index is 0.0469. The van der Waals surface area contributed by atoms with E-state index < -0.39 is 0 Å². The second-order valence-corrected chi connectivity index (χ2v) is 5.71. The van der Waals surface area contributed by atoms with E-state index in [1.807, 2.05) is 48.7 Å². The summed E-state index contributed by atoms with van der Waals surface area (Å²) in [5, 5.41) is 0.678. The molecular formula is C17H16ClN3O. The van der Waals surface area contributed by atoms with E-state index in [9.17, 15) is 4.79 Å². The zero-order valence-electron chi connectivity index (χ0n) is 12.7. The van der Waals surface area contributed by atoms with Gasteiger partial charge in [-0.15, -0.1) is 0 Å². The molecule has 5 heteroatoms. The van der Waals surface area contributed by atoms with E-state index in [2.05, 4.69) is 4.98 Å². The zero-order chi connectivity index (χ0) is 15.9. The van der Waals surface area contributed by atoms with E-state index >= 15 is 0 Å². The van der Waals surface area contributed by atoms with Crippen LogP contribution in [0.4, 0.5) is 0 Å². The number of benzene rings is 1. The van der Waals surface area contributed by atoms with Crippen molar-refractivity contribution in [2.75, 3.05) is 0 Å². The molecular weight excluding hydrogens is 298 g/mol. The molecule has 0 aliphatic carbocycles. The fourth-order valence-corrected chi connectivity index (χ4v) is 2.80. The molecule has 0 amide bonds. The fourth-order valence-electron chi connectivity index (χ4n) is 2.61. The molecule has 4 nitrogen and oxygen atoms in total. The minimum Gasteiger partial charge on any atom is -0.318 e. The molecule has 0 unspecified atom stereocenters. The van der Waals surface area contributed by atoms with Crippen LogP contribution in [0.5, 0.6) is 0 Å². The van der Waals surface area contributed by atoms with Crippen LogP contribution in [-0.2, 0) is 7.05 Å². The van der Waals surface area contributed by atoms with E-state index in [0.29, 0.717) is 5.02 Å². The Labute approximate surface area is 133 Å². The molecule has 0 aliphatic heterocycles. The summed E-state index contributed by atoms with van der Waals surface area (Å²) in [6.07, 6.45) is 1.76. The van der Waals surface area contributed by atoms with Crippen molar-refractivity contribution in [3.63, 3.8) is 0 Å². The maximum Gasteiger partial charge on any atom is 0.252 e. The Hall–Kier alpha value is -2.33. The van der Waals surface area contributed by atoms with Gasteiger partial charge in [0.25, 0.3) is 5.56 Å². The van der Waals surface area contributed by atoms with Crippen LogP contribution < -0.4 is 5.56 Å². The number of hydrogen-bond donors (Lipinski definition) is 0. The van der Waals surface area contributed by atoms with Gasteiger partial charge in [-0.25, -0.2) is 4.98 Å². The van der Waals surface area contributed by atoms with Gasteiger partial charge in [-0.05, 0) is 32.0 Å². The van der Waals surface area contributed by atoms with Crippen LogP contribution >= 0.6 is 11.6 Å². The lowest BCUT2D eigenvalue weighted by atomic mass is 10.1. The lowest BCUT2D eigenvalue weighted by Crippen LogP contribution is -2.16. The first-order valence-corrected chi connectivity index (χ1v) is 7.34. The first-order chi connectivity index (χ1) is 10.5. The Bertz CT molecular complexity index is 909. The van der Waals surface area contributed by atoms with Gasteiger partial charge in [0, 0.05) is 35.6 Å². The first kappa shape index (κ1) is 14.6. The van der Waals surface area contributed by atoms with Crippen molar-refractivity contribution in [3.05, 3.63) is 69.5 Å². The molecule has 0 bridgehead atoms. The van der Waals surface area contributed by atoms with Gasteiger partial charge in [0.05, 0.1) is 11.4 Å². The Morgan fingerprint density at radius 3 is 2.59 bits per heavy atom. The predicted octanol–water partition coefficient (Wildman–Crippen LogP) is 3.51. The van der Waals surface area contributed by atoms with Crippen molar-refractivity contribution in [1.29, 1.82) is 0 Å². The molecule has 0 saturated heterocycles. The standard InChI is InChI=1S/C17H16ClN3O/c1-11-17(13-5-4-6-14(18)9-13)19-12(2)21(11)15-7-8-20(3)16(22)10-15/h4-10H,1-3H3. The second kappa shape index (κ2) is 5.46. The quantitative estimate of drug-likeness (QED) is 0.726. The smallest absolute Gasteiger partial charge is 0.252 e. The summed E-state index contributed by atoms with van der Waals surface area (Å²) in [6.45, 7) is 3.92. The van der Waals surface area contributed by atoms with Crippen LogP contribution in [0, 0.1) is 13.8 Å². The molecule has 2 heterocycles. The molecule has 0 radical (unpaired) electrons. The SMILES string of the molecule is Cc1nc(-c2cccc(Cl)c2)c(C)n1-c1ccn(C)c(=O)c1. The number of nitrogens with zero attached hydrogens (tertiary/aromatic N) is 3. The van der Waals surface area contributed by atoms with E-state index in [1.165, 1.54) is 0 Å². The summed E-state index contributed by atoms with van der Waals surface area (Å²) in [4.78, 5) is 16.5. The highest BCUT2D eigenvalue weighted by molar-refractivity contribution is 6.30. The third-order valence-electron chi connectivity index (χ3n) is 3.72. The molecule has 0 spiro atoms. The lowest BCUT2D eigenvalue weighted by molar-refractivity contribution is 0.843. The van der Waals surface area contributed by atoms with Crippen LogP contribution in [0.15, 0.2) is 47.4 Å². The predicted molar refractivity (Wildman–Crippen MR) is 88.7 cm³/mol. The molecule has 0 aliphatic rings. The van der Waals surface area contributed by atoms with Gasteiger partial charge in [0.1, 0.15) is 5.82 Å². The molecule has 3 aromatic rings. The Balaban J connectivity index is 2.18. The zero-order valence-corrected chi connectivity index (χ0v) is 13.4. The van der Waals surface area contributed by atoms with Gasteiger partial charge < -0.3 is 9.13 Å². The summed E-state index contributed by atoms with van der Waals surface area (Å²) in [6, 6.07) is 11.1. The van der Waals surface area contributed by atoms with Gasteiger partial charge >= 0.3 is 0 Å². The number of rotatable bonds is 2. The number of aryl methyl sites for hydroxylation is 2. The Kier molecular flexibility index (Phi) is 3.62. The summed E-state index contributed by atoms with van der Waals surface area (Å²) in [7, 11) is 1.73. The Morgan fingerprint density at radius 1 is 1.14 bits per heavy atom. The molecule has 22 heavy (non-hydrogen) atoms. The molecule has 0 saturated carbocycles. The van der Waals surface area contributed by atoms with Crippen molar-refractivity contribution in [2.24, 2.45) is 7.05 Å². The number of imidazole rings is 1. The van der Waals surface area contributed by atoms with Gasteiger partial charge in [-0.3, -0.25) is 4.79 Å². The van der Waals surface area contributed by atoms with Gasteiger partial charge in [0.2, 0.25) is 0 Å². The topological polar surface area (TPSA) is 39.8 Å². The molecule has 1 aromatic carbocycles. The van der Waals surface area contributed by atoms with Crippen LogP contribution in [0.1, 0.15) is 11.5 Å². The van der Waals surface area contributed by atoms with Crippen molar-refractivity contribution in [3.8, 4) is 16.9 Å². The summed E-state index contributed by atoms with van der Waals surface area (Å²) in [5.74, 6) is 0.834.